The van der Waals surface area contributed by atoms with Gasteiger partial charge in [0, 0.05) is 6.92 Å². The Morgan fingerprint density at radius 1 is 1.35 bits per heavy atom. The molecule has 132 valence electrons. The molecule has 1 atom stereocenters. The maximum absolute atomic E-state index is 10.7. The summed E-state index contributed by atoms with van der Waals surface area (Å²) in [6, 6.07) is -0.716. The minimum atomic E-state index is -3.82. The molecular weight excluding hydrogens is 348 g/mol. The molecule has 1 unspecified atom stereocenters. The number of hydrogen-bond donors (Lipinski definition) is 5. The number of aromatic nitrogens is 2. The molecule has 0 aliphatic carbocycles. The molecule has 0 radical (unpaired) electrons. The van der Waals surface area contributed by atoms with Crippen molar-refractivity contribution in [3.63, 3.8) is 0 Å². The topological polar surface area (TPSA) is 204 Å². The van der Waals surface area contributed by atoms with Crippen molar-refractivity contribution in [2.45, 2.75) is 36.6 Å². The quantitative estimate of drug-likeness (QED) is 0.285. The summed E-state index contributed by atoms with van der Waals surface area (Å²) in [5, 5.41) is 22.2. The molecule has 1 heterocycles. The lowest BCUT2D eigenvalue weighted by Crippen LogP contribution is -2.29. The standard InChI is InChI=1S/C6H14N2O2.C4H6N4O3S2/c7-4-2-1-3-5(8)6(9)10;1-2(9)6-3-7-8-4(12-3)13(5,10)11/h5H,1-4,7-8H2,(H,9,10);1H3,(H2,5,10,11)(H,6,7,9). The number of carboxylic acids is 1. The molecule has 0 aliphatic heterocycles. The first-order chi connectivity index (χ1) is 10.6. The van der Waals surface area contributed by atoms with Crippen LogP contribution in [0.25, 0.3) is 0 Å². The summed E-state index contributed by atoms with van der Waals surface area (Å²) >= 11 is 0.701. The van der Waals surface area contributed by atoms with E-state index >= 15 is 0 Å². The van der Waals surface area contributed by atoms with Crippen molar-refractivity contribution in [2.24, 2.45) is 16.6 Å². The summed E-state index contributed by atoms with van der Waals surface area (Å²) in [7, 11) is -3.82. The van der Waals surface area contributed by atoms with Gasteiger partial charge < -0.3 is 21.9 Å². The number of hydrogen-bond acceptors (Lipinski definition) is 9. The highest BCUT2D eigenvalue weighted by molar-refractivity contribution is 7.91. The molecule has 0 aliphatic rings. The Bertz CT molecular complexity index is 617. The Labute approximate surface area is 137 Å². The SMILES string of the molecule is CC(=O)Nc1nnc(S(N)(=O)=O)s1.NCCCCC(N)C(=O)O. The van der Waals surface area contributed by atoms with Crippen LogP contribution in [0.2, 0.25) is 0 Å². The summed E-state index contributed by atoms with van der Waals surface area (Å²) in [6.45, 7) is 1.88. The van der Waals surface area contributed by atoms with Gasteiger partial charge in [0.2, 0.25) is 15.4 Å². The van der Waals surface area contributed by atoms with E-state index < -0.39 is 22.0 Å². The van der Waals surface area contributed by atoms with Crippen LogP contribution >= 0.6 is 11.3 Å². The molecule has 23 heavy (non-hydrogen) atoms. The number of anilines is 1. The predicted molar refractivity (Wildman–Crippen MR) is 84.1 cm³/mol. The van der Waals surface area contributed by atoms with Crippen LogP contribution in [0.3, 0.4) is 0 Å². The number of primary sulfonamides is 1. The fourth-order valence-electron chi connectivity index (χ4n) is 1.16. The van der Waals surface area contributed by atoms with Crippen molar-refractivity contribution in [2.75, 3.05) is 11.9 Å². The van der Waals surface area contributed by atoms with Gasteiger partial charge in [-0.1, -0.05) is 17.8 Å². The minimum absolute atomic E-state index is 0.108. The van der Waals surface area contributed by atoms with E-state index in [1.807, 2.05) is 0 Å². The number of nitrogens with zero attached hydrogens (tertiary/aromatic N) is 2. The first-order valence-corrected chi connectivity index (χ1v) is 8.76. The summed E-state index contributed by atoms with van der Waals surface area (Å²) in [5.74, 6) is -1.28. The number of carboxylic acid groups (broad SMARTS) is 1. The maximum Gasteiger partial charge on any atom is 0.320 e. The van der Waals surface area contributed by atoms with E-state index in [1.54, 1.807) is 0 Å². The highest BCUT2D eigenvalue weighted by atomic mass is 32.2. The van der Waals surface area contributed by atoms with Crippen LogP contribution in [0.1, 0.15) is 26.2 Å². The van der Waals surface area contributed by atoms with E-state index in [0.717, 1.165) is 12.8 Å². The zero-order valence-electron chi connectivity index (χ0n) is 12.4. The third-order valence-electron chi connectivity index (χ3n) is 2.22. The van der Waals surface area contributed by atoms with Gasteiger partial charge in [-0.15, -0.1) is 10.2 Å². The summed E-state index contributed by atoms with van der Waals surface area (Å²) in [5.41, 5.74) is 10.4. The van der Waals surface area contributed by atoms with Crippen LogP contribution in [0.5, 0.6) is 0 Å². The van der Waals surface area contributed by atoms with E-state index in [0.29, 0.717) is 24.3 Å². The Hall–Kier alpha value is -1.67. The Morgan fingerprint density at radius 3 is 2.35 bits per heavy atom. The number of unbranched alkanes of at least 4 members (excludes halogenated alkanes) is 1. The van der Waals surface area contributed by atoms with E-state index in [1.165, 1.54) is 6.92 Å². The van der Waals surface area contributed by atoms with Crippen LogP contribution in [0.4, 0.5) is 5.13 Å². The van der Waals surface area contributed by atoms with Crippen LogP contribution < -0.4 is 21.9 Å². The highest BCUT2D eigenvalue weighted by Crippen LogP contribution is 2.17. The number of nitrogens with two attached hydrogens (primary N) is 3. The fourth-order valence-corrected chi connectivity index (χ4v) is 2.54. The van der Waals surface area contributed by atoms with E-state index in [-0.39, 0.29) is 15.4 Å². The molecule has 0 bridgehead atoms. The zero-order chi connectivity index (χ0) is 18.0. The second-order valence-electron chi connectivity index (χ2n) is 4.33. The third-order valence-corrected chi connectivity index (χ3v) is 4.37. The summed E-state index contributed by atoms with van der Waals surface area (Å²) < 4.78 is 21.1. The molecular formula is C10H20N6O5S2. The number of carbonyl (C=O) groups excluding carboxylic acids is 1. The first-order valence-electron chi connectivity index (χ1n) is 6.40. The minimum Gasteiger partial charge on any atom is -0.480 e. The van der Waals surface area contributed by atoms with Crippen molar-refractivity contribution < 1.29 is 23.1 Å². The lowest BCUT2D eigenvalue weighted by atomic mass is 10.1. The molecule has 0 fully saturated rings. The van der Waals surface area contributed by atoms with Crippen LogP contribution in [0, 0.1) is 0 Å². The Kier molecular flexibility index (Phi) is 9.43. The van der Waals surface area contributed by atoms with Crippen molar-refractivity contribution in [1.29, 1.82) is 0 Å². The second-order valence-corrected chi connectivity index (χ2v) is 7.04. The molecule has 1 aromatic rings. The molecule has 8 N–H and O–H groups in total. The van der Waals surface area contributed by atoms with Gasteiger partial charge >= 0.3 is 5.97 Å². The van der Waals surface area contributed by atoms with E-state index in [9.17, 15) is 18.0 Å². The smallest absolute Gasteiger partial charge is 0.320 e. The van der Waals surface area contributed by atoms with Crippen LogP contribution in [-0.4, -0.2) is 48.2 Å². The van der Waals surface area contributed by atoms with Gasteiger partial charge in [0.1, 0.15) is 6.04 Å². The number of rotatable bonds is 7. The molecule has 0 saturated carbocycles. The Morgan fingerprint density at radius 2 is 1.96 bits per heavy atom. The summed E-state index contributed by atoms with van der Waals surface area (Å²) in [6.07, 6.45) is 2.16. The molecule has 1 aromatic heterocycles. The highest BCUT2D eigenvalue weighted by Gasteiger charge is 2.15. The van der Waals surface area contributed by atoms with Crippen molar-refractivity contribution in [3.8, 4) is 0 Å². The van der Waals surface area contributed by atoms with Crippen molar-refractivity contribution in [3.05, 3.63) is 0 Å². The number of amides is 1. The van der Waals surface area contributed by atoms with E-state index in [4.69, 9.17) is 21.7 Å². The second kappa shape index (κ2) is 10.2. The van der Waals surface area contributed by atoms with Gasteiger partial charge in [-0.3, -0.25) is 9.59 Å². The third kappa shape index (κ3) is 9.85. The molecule has 13 heteroatoms. The van der Waals surface area contributed by atoms with Gasteiger partial charge in [-0.25, -0.2) is 13.6 Å². The molecule has 1 rings (SSSR count). The number of aliphatic carboxylic acids is 1. The van der Waals surface area contributed by atoms with Gasteiger partial charge in [0.25, 0.3) is 10.0 Å². The molecule has 0 aromatic carbocycles. The Balaban J connectivity index is 0.000000438. The number of carbonyl (C=O) groups is 2. The van der Waals surface area contributed by atoms with Gasteiger partial charge in [0.15, 0.2) is 0 Å². The summed E-state index contributed by atoms with van der Waals surface area (Å²) in [4.78, 5) is 20.7. The first kappa shape index (κ1) is 21.3. The molecule has 0 saturated heterocycles. The average Bonchev–Trinajstić information content (AvgIpc) is 2.87. The predicted octanol–water partition coefficient (Wildman–Crippen LogP) is -1.33. The van der Waals surface area contributed by atoms with Gasteiger partial charge in [0.05, 0.1) is 0 Å². The largest absolute Gasteiger partial charge is 0.480 e. The van der Waals surface area contributed by atoms with Gasteiger partial charge in [-0.05, 0) is 19.4 Å². The van der Waals surface area contributed by atoms with E-state index in [2.05, 4.69) is 15.5 Å². The normalized spacial score (nSPS) is 12.0. The number of nitrogens with one attached hydrogen (secondary N) is 1. The van der Waals surface area contributed by atoms with Crippen molar-refractivity contribution in [1.82, 2.24) is 10.2 Å². The lowest BCUT2D eigenvalue weighted by molar-refractivity contribution is -0.138. The van der Waals surface area contributed by atoms with Crippen LogP contribution in [0.15, 0.2) is 4.34 Å². The lowest BCUT2D eigenvalue weighted by Gasteiger charge is -2.03. The zero-order valence-corrected chi connectivity index (χ0v) is 14.1. The molecule has 1 amide bonds. The van der Waals surface area contributed by atoms with Crippen molar-refractivity contribution >= 4 is 38.4 Å². The molecule has 11 nitrogen and oxygen atoms in total. The van der Waals surface area contributed by atoms with Crippen LogP contribution in [-0.2, 0) is 19.6 Å². The molecule has 0 spiro atoms. The number of sulfonamides is 1. The maximum atomic E-state index is 10.7. The van der Waals surface area contributed by atoms with Gasteiger partial charge in [-0.2, -0.15) is 0 Å². The average molecular weight is 368 g/mol. The fraction of sp³-hybridized carbons (Fsp3) is 0.600. The monoisotopic (exact) mass is 368 g/mol.